The highest BCUT2D eigenvalue weighted by Crippen LogP contribution is 2.46. The summed E-state index contributed by atoms with van der Waals surface area (Å²) in [7, 11) is 0. The minimum atomic E-state index is -1.77. The molecule has 0 aromatic heterocycles. The molecule has 214 valence electrons. The van der Waals surface area contributed by atoms with E-state index in [9.17, 15) is 50.4 Å². The van der Waals surface area contributed by atoms with Gasteiger partial charge in [-0.3, -0.25) is 9.59 Å². The van der Waals surface area contributed by atoms with Gasteiger partial charge in [-0.1, -0.05) is 12.1 Å². The van der Waals surface area contributed by atoms with Crippen molar-refractivity contribution in [3.05, 3.63) is 82.9 Å². The number of aliphatic hydroxyl groups excluding tert-OH is 2. The number of hydrogen-bond acceptors (Lipinski definition) is 12. The summed E-state index contributed by atoms with van der Waals surface area (Å²) in [4.78, 5) is 25.7. The lowest BCUT2D eigenvalue weighted by Gasteiger charge is -2.31. The molecule has 0 radical (unpaired) electrons. The van der Waals surface area contributed by atoms with Crippen LogP contribution in [-0.4, -0.2) is 64.6 Å². The normalized spacial score (nSPS) is 21.2. The van der Waals surface area contributed by atoms with Crippen LogP contribution in [-0.2, 0) is 0 Å². The topological polar surface area (TPSA) is 214 Å². The Kier molecular flexibility index (Phi) is 6.10. The van der Waals surface area contributed by atoms with Crippen molar-refractivity contribution in [3.63, 3.8) is 0 Å². The number of fused-ring (bicyclic) bond motifs is 2. The number of rotatable bonds is 3. The second-order valence-corrected chi connectivity index (χ2v) is 9.92. The molecule has 2 aliphatic rings. The highest BCUT2D eigenvalue weighted by atomic mass is 16.5. The van der Waals surface area contributed by atoms with Crippen molar-refractivity contribution in [3.8, 4) is 57.1 Å². The molecule has 8 N–H and O–H groups in total. The van der Waals surface area contributed by atoms with Crippen LogP contribution >= 0.6 is 0 Å². The first-order valence-electron chi connectivity index (χ1n) is 12.5. The van der Waals surface area contributed by atoms with Gasteiger partial charge in [-0.2, -0.15) is 0 Å². The number of aliphatic hydroxyl groups is 2. The van der Waals surface area contributed by atoms with Gasteiger partial charge in [0.25, 0.3) is 0 Å². The molecule has 0 fully saturated rings. The maximum absolute atomic E-state index is 12.9. The van der Waals surface area contributed by atoms with Gasteiger partial charge in [0.2, 0.25) is 11.6 Å². The van der Waals surface area contributed by atoms with Crippen LogP contribution in [0.1, 0.15) is 44.1 Å². The maximum atomic E-state index is 12.9. The smallest absolute Gasteiger partial charge is 0.202 e. The van der Waals surface area contributed by atoms with E-state index in [1.54, 1.807) is 0 Å². The Hall–Kier alpha value is -5.46. The van der Waals surface area contributed by atoms with E-state index < -0.39 is 47.5 Å². The standard InChI is InChI=1S/C30H22O12/c31-13-7-19(35)23-21(9-13)41-29(27(39)25(23)37)11-1-3-17(33)15(5-11)16-6-12(2-4-18(16)34)30-28(40)26(38)24-20(36)8-14(32)10-22(24)42-30/h1-10,27-36,39-40H/t27-,28+,29-,30-/m1/s1. The first kappa shape index (κ1) is 26.7. The molecule has 2 heterocycles. The molecule has 0 amide bonds. The molecule has 0 saturated heterocycles. The van der Waals surface area contributed by atoms with Crippen molar-refractivity contribution < 1.29 is 59.9 Å². The molecule has 0 aliphatic carbocycles. The molecule has 0 bridgehead atoms. The van der Waals surface area contributed by atoms with Crippen LogP contribution in [0.5, 0.6) is 46.0 Å². The lowest BCUT2D eigenvalue weighted by atomic mass is 9.89. The molecule has 2 aliphatic heterocycles. The van der Waals surface area contributed by atoms with Gasteiger partial charge < -0.3 is 50.3 Å². The van der Waals surface area contributed by atoms with Crippen LogP contribution in [0.25, 0.3) is 11.1 Å². The van der Waals surface area contributed by atoms with Crippen LogP contribution < -0.4 is 9.47 Å². The molecule has 0 unspecified atom stereocenters. The summed E-state index contributed by atoms with van der Waals surface area (Å²) < 4.78 is 11.5. The first-order valence-corrected chi connectivity index (χ1v) is 12.5. The summed E-state index contributed by atoms with van der Waals surface area (Å²) in [6.45, 7) is 0. The van der Waals surface area contributed by atoms with Crippen molar-refractivity contribution in [2.45, 2.75) is 24.4 Å². The van der Waals surface area contributed by atoms with Gasteiger partial charge in [0.15, 0.2) is 24.4 Å². The van der Waals surface area contributed by atoms with Crippen LogP contribution in [0, 0.1) is 0 Å². The molecular weight excluding hydrogens is 552 g/mol. The van der Waals surface area contributed by atoms with E-state index in [0.717, 1.165) is 24.3 Å². The zero-order chi connectivity index (χ0) is 30.0. The Morgan fingerprint density at radius 1 is 0.500 bits per heavy atom. The van der Waals surface area contributed by atoms with Crippen molar-refractivity contribution in [1.82, 2.24) is 0 Å². The third-order valence-corrected chi connectivity index (χ3v) is 7.23. The van der Waals surface area contributed by atoms with Gasteiger partial charge in [0.05, 0.1) is 0 Å². The van der Waals surface area contributed by atoms with Gasteiger partial charge in [0, 0.05) is 35.4 Å². The van der Waals surface area contributed by atoms with E-state index in [0.29, 0.717) is 0 Å². The van der Waals surface area contributed by atoms with Crippen molar-refractivity contribution in [2.24, 2.45) is 0 Å². The molecule has 6 rings (SSSR count). The summed E-state index contributed by atoms with van der Waals surface area (Å²) in [5, 5.41) is 82.7. The number of phenolic OH excluding ortho intramolecular Hbond substituents is 6. The lowest BCUT2D eigenvalue weighted by Crippen LogP contribution is -2.36. The number of carbonyl (C=O) groups excluding carboxylic acids is 2. The SMILES string of the molecule is O=C1c2c(O)cc(O)cc2O[C@H](c2ccc(O)c(-c3cc([C@H]4Oc5cc(O)cc(O)c5C(=O)[C@@H]4O)ccc3O)c2)[C@@H]1O. The Morgan fingerprint density at radius 2 is 0.881 bits per heavy atom. The fraction of sp³-hybridized carbons (Fsp3) is 0.133. The molecule has 4 aromatic rings. The van der Waals surface area contributed by atoms with Crippen LogP contribution in [0.3, 0.4) is 0 Å². The Morgan fingerprint density at radius 3 is 1.26 bits per heavy atom. The molecule has 42 heavy (non-hydrogen) atoms. The highest BCUT2D eigenvalue weighted by Gasteiger charge is 2.41. The summed E-state index contributed by atoms with van der Waals surface area (Å²) in [5.41, 5.74) is -0.190. The van der Waals surface area contributed by atoms with Crippen LogP contribution in [0.2, 0.25) is 0 Å². The van der Waals surface area contributed by atoms with Crippen molar-refractivity contribution >= 4 is 11.6 Å². The van der Waals surface area contributed by atoms with Crippen LogP contribution in [0.15, 0.2) is 60.7 Å². The summed E-state index contributed by atoms with van der Waals surface area (Å²) in [6.07, 6.45) is -6.19. The monoisotopic (exact) mass is 574 g/mol. The van der Waals surface area contributed by atoms with E-state index in [4.69, 9.17) is 9.47 Å². The largest absolute Gasteiger partial charge is 0.508 e. The summed E-state index contributed by atoms with van der Waals surface area (Å²) >= 11 is 0. The third-order valence-electron chi connectivity index (χ3n) is 7.23. The minimum Gasteiger partial charge on any atom is -0.508 e. The van der Waals surface area contributed by atoms with Crippen LogP contribution in [0.4, 0.5) is 0 Å². The summed E-state index contributed by atoms with van der Waals surface area (Å²) in [6, 6.07) is 12.0. The Labute approximate surface area is 236 Å². The van der Waals surface area contributed by atoms with Gasteiger partial charge in [-0.05, 0) is 35.4 Å². The number of carbonyl (C=O) groups is 2. The second-order valence-electron chi connectivity index (χ2n) is 9.92. The minimum absolute atomic E-state index is 0.0203. The fourth-order valence-corrected chi connectivity index (χ4v) is 5.22. The quantitative estimate of drug-likeness (QED) is 0.177. The first-order chi connectivity index (χ1) is 19.9. The predicted octanol–water partition coefficient (Wildman–Crippen LogP) is 2.94. The third kappa shape index (κ3) is 4.17. The molecule has 12 nitrogen and oxygen atoms in total. The van der Waals surface area contributed by atoms with E-state index in [1.807, 2.05) is 0 Å². The molecule has 4 atom stereocenters. The van der Waals surface area contributed by atoms with Gasteiger partial charge in [-0.25, -0.2) is 0 Å². The molecule has 4 aromatic carbocycles. The maximum Gasteiger partial charge on any atom is 0.202 e. The average Bonchev–Trinajstić information content (AvgIpc) is 2.93. The number of Topliss-reactive ketones (excluding diaryl/α,β-unsaturated/α-hetero) is 2. The van der Waals surface area contributed by atoms with Crippen molar-refractivity contribution in [2.75, 3.05) is 0 Å². The van der Waals surface area contributed by atoms with Gasteiger partial charge >= 0.3 is 0 Å². The fourth-order valence-electron chi connectivity index (χ4n) is 5.22. The molecule has 0 saturated carbocycles. The van der Waals surface area contributed by atoms with E-state index in [2.05, 4.69) is 0 Å². The highest BCUT2D eigenvalue weighted by molar-refractivity contribution is 6.06. The van der Waals surface area contributed by atoms with E-state index >= 15 is 0 Å². The van der Waals surface area contributed by atoms with Gasteiger partial charge in [-0.15, -0.1) is 0 Å². The summed E-state index contributed by atoms with van der Waals surface area (Å²) in [5.74, 6) is -4.58. The number of ether oxygens (including phenoxy) is 2. The molecular formula is C30H22O12. The number of phenols is 6. The second kappa shape index (κ2) is 9.58. The van der Waals surface area contributed by atoms with Gasteiger partial charge in [0.1, 0.15) is 57.1 Å². The lowest BCUT2D eigenvalue weighted by molar-refractivity contribution is 0.0208. The molecule has 0 spiro atoms. The number of ketones is 2. The number of hydrogen-bond donors (Lipinski definition) is 8. The van der Waals surface area contributed by atoms with E-state index in [-0.39, 0.29) is 67.9 Å². The zero-order valence-electron chi connectivity index (χ0n) is 21.3. The Bertz CT molecular complexity index is 1660. The Balaban J connectivity index is 1.39. The van der Waals surface area contributed by atoms with Crippen molar-refractivity contribution in [1.29, 1.82) is 0 Å². The number of benzene rings is 4. The van der Waals surface area contributed by atoms with E-state index in [1.165, 1.54) is 36.4 Å². The molecule has 12 heteroatoms. The zero-order valence-corrected chi connectivity index (χ0v) is 21.3. The average molecular weight is 574 g/mol. The number of aromatic hydroxyl groups is 6. The predicted molar refractivity (Wildman–Crippen MR) is 142 cm³/mol.